The second-order valence-corrected chi connectivity index (χ2v) is 6.67. The summed E-state index contributed by atoms with van der Waals surface area (Å²) in [6.07, 6.45) is 1.69. The van der Waals surface area contributed by atoms with Gasteiger partial charge in [-0.3, -0.25) is 9.59 Å². The van der Waals surface area contributed by atoms with E-state index in [1.165, 1.54) is 0 Å². The van der Waals surface area contributed by atoms with Crippen molar-refractivity contribution in [2.45, 2.75) is 25.4 Å². The van der Waals surface area contributed by atoms with Gasteiger partial charge in [-0.15, -0.1) is 0 Å². The first kappa shape index (κ1) is 15.8. The molecular weight excluding hydrogens is 314 g/mol. The molecule has 1 fully saturated rings. The third-order valence-electron chi connectivity index (χ3n) is 5.06. The van der Waals surface area contributed by atoms with Crippen LogP contribution in [0.1, 0.15) is 12.8 Å². The van der Waals surface area contributed by atoms with Crippen LogP contribution in [0.3, 0.4) is 0 Å². The molecular formula is C20H21N3O2. The predicted octanol–water partition coefficient (Wildman–Crippen LogP) is 2.10. The highest BCUT2D eigenvalue weighted by Crippen LogP contribution is 2.20. The fourth-order valence-corrected chi connectivity index (χ4v) is 3.63. The van der Waals surface area contributed by atoms with E-state index in [0.29, 0.717) is 23.9 Å². The van der Waals surface area contributed by atoms with Crippen LogP contribution in [0.5, 0.6) is 0 Å². The lowest BCUT2D eigenvalue weighted by molar-refractivity contribution is -0.132. The summed E-state index contributed by atoms with van der Waals surface area (Å²) >= 11 is 0. The van der Waals surface area contributed by atoms with Crippen LogP contribution in [0.15, 0.2) is 53.3 Å². The first-order valence-corrected chi connectivity index (χ1v) is 8.69. The lowest BCUT2D eigenvalue weighted by Crippen LogP contribution is -2.44. The Bertz CT molecular complexity index is 941. The molecule has 2 N–H and O–H groups in total. The van der Waals surface area contributed by atoms with Crippen LogP contribution in [0, 0.1) is 0 Å². The summed E-state index contributed by atoms with van der Waals surface area (Å²) in [5.74, 6) is 0.0749. The zero-order valence-corrected chi connectivity index (χ0v) is 14.0. The van der Waals surface area contributed by atoms with Gasteiger partial charge in [-0.05, 0) is 37.1 Å². The van der Waals surface area contributed by atoms with Crippen molar-refractivity contribution >= 4 is 27.7 Å². The Kier molecular flexibility index (Phi) is 4.01. The van der Waals surface area contributed by atoms with Crippen molar-refractivity contribution in [2.24, 2.45) is 5.73 Å². The number of nitrogens with two attached hydrogens (primary N) is 1. The number of piperidine rings is 1. The summed E-state index contributed by atoms with van der Waals surface area (Å²) in [6, 6.07) is 15.2. The molecule has 0 spiro atoms. The minimum atomic E-state index is 0.0128. The van der Waals surface area contributed by atoms with Crippen molar-refractivity contribution in [1.82, 2.24) is 9.47 Å². The van der Waals surface area contributed by atoms with E-state index in [2.05, 4.69) is 0 Å². The van der Waals surface area contributed by atoms with Gasteiger partial charge >= 0.3 is 0 Å². The van der Waals surface area contributed by atoms with Crippen molar-refractivity contribution in [3.8, 4) is 0 Å². The summed E-state index contributed by atoms with van der Waals surface area (Å²) in [5.41, 5.74) is 7.55. The largest absolute Gasteiger partial charge is 0.341 e. The van der Waals surface area contributed by atoms with Gasteiger partial charge in [-0.25, -0.2) is 0 Å². The van der Waals surface area contributed by atoms with Crippen LogP contribution in [0.25, 0.3) is 21.8 Å². The number of para-hydroxylation sites is 2. The number of hydrogen-bond acceptors (Lipinski definition) is 3. The number of likely N-dealkylation sites (tertiary alicyclic amines) is 1. The van der Waals surface area contributed by atoms with Gasteiger partial charge in [0.25, 0.3) is 0 Å². The molecule has 4 rings (SSSR count). The molecule has 0 unspecified atom stereocenters. The van der Waals surface area contributed by atoms with E-state index in [1.54, 1.807) is 0 Å². The number of fused-ring (bicyclic) bond motifs is 2. The third kappa shape index (κ3) is 2.81. The smallest absolute Gasteiger partial charge is 0.242 e. The summed E-state index contributed by atoms with van der Waals surface area (Å²) in [4.78, 5) is 27.5. The molecule has 128 valence electrons. The Labute approximate surface area is 145 Å². The molecule has 1 aromatic heterocycles. The van der Waals surface area contributed by atoms with Crippen molar-refractivity contribution in [3.05, 3.63) is 58.8 Å². The monoisotopic (exact) mass is 335 g/mol. The van der Waals surface area contributed by atoms with Crippen LogP contribution in [0.4, 0.5) is 0 Å². The average molecular weight is 335 g/mol. The molecule has 2 heterocycles. The van der Waals surface area contributed by atoms with E-state index in [4.69, 9.17) is 5.73 Å². The first-order valence-electron chi connectivity index (χ1n) is 8.69. The molecule has 0 aliphatic carbocycles. The minimum Gasteiger partial charge on any atom is -0.341 e. The molecule has 0 atom stereocenters. The number of carbonyl (C=O) groups excluding carboxylic acids is 1. The molecule has 1 saturated heterocycles. The first-order chi connectivity index (χ1) is 12.1. The number of aromatic nitrogens is 1. The highest BCUT2D eigenvalue weighted by atomic mass is 16.2. The van der Waals surface area contributed by atoms with E-state index in [1.807, 2.05) is 58.0 Å². The lowest BCUT2D eigenvalue weighted by atomic mass is 10.1. The van der Waals surface area contributed by atoms with Gasteiger partial charge in [0.1, 0.15) is 6.54 Å². The van der Waals surface area contributed by atoms with Gasteiger partial charge in [0.05, 0.1) is 11.0 Å². The number of amides is 1. The minimum absolute atomic E-state index is 0.0128. The van der Waals surface area contributed by atoms with Crippen molar-refractivity contribution in [2.75, 3.05) is 13.1 Å². The van der Waals surface area contributed by atoms with Gasteiger partial charge in [-0.2, -0.15) is 0 Å². The molecule has 0 radical (unpaired) electrons. The number of hydrogen-bond donors (Lipinski definition) is 1. The predicted molar refractivity (Wildman–Crippen MR) is 99.5 cm³/mol. The van der Waals surface area contributed by atoms with Gasteiger partial charge < -0.3 is 15.2 Å². The molecule has 1 amide bonds. The van der Waals surface area contributed by atoms with Crippen LogP contribution < -0.4 is 11.2 Å². The number of carbonyl (C=O) groups is 1. The molecule has 0 saturated carbocycles. The highest BCUT2D eigenvalue weighted by molar-refractivity contribution is 5.94. The zero-order valence-electron chi connectivity index (χ0n) is 14.0. The Morgan fingerprint density at radius 3 is 2.04 bits per heavy atom. The maximum Gasteiger partial charge on any atom is 0.242 e. The lowest BCUT2D eigenvalue weighted by Gasteiger charge is -2.30. The Morgan fingerprint density at radius 2 is 1.48 bits per heavy atom. The second-order valence-electron chi connectivity index (χ2n) is 6.67. The van der Waals surface area contributed by atoms with Gasteiger partial charge in [-0.1, -0.05) is 24.3 Å². The van der Waals surface area contributed by atoms with E-state index in [0.717, 1.165) is 23.9 Å². The zero-order chi connectivity index (χ0) is 17.4. The maximum atomic E-state index is 12.8. The molecule has 3 aromatic rings. The molecule has 0 bridgehead atoms. The SMILES string of the molecule is NC1CCN(C(=O)Cn2c3ccccc3c(=O)c3ccccc32)CC1. The van der Waals surface area contributed by atoms with Gasteiger partial charge in [0, 0.05) is 29.9 Å². The number of benzene rings is 2. The summed E-state index contributed by atoms with van der Waals surface area (Å²) in [5, 5.41) is 1.30. The van der Waals surface area contributed by atoms with Crippen molar-refractivity contribution < 1.29 is 4.79 Å². The summed E-state index contributed by atoms with van der Waals surface area (Å²) in [6.45, 7) is 1.64. The number of pyridine rings is 1. The third-order valence-corrected chi connectivity index (χ3v) is 5.06. The van der Waals surface area contributed by atoms with E-state index >= 15 is 0 Å². The number of nitrogens with zero attached hydrogens (tertiary/aromatic N) is 2. The normalized spacial score (nSPS) is 15.8. The maximum absolute atomic E-state index is 12.8. The van der Waals surface area contributed by atoms with Crippen LogP contribution in [0.2, 0.25) is 0 Å². The van der Waals surface area contributed by atoms with E-state index < -0.39 is 0 Å². The fraction of sp³-hybridized carbons (Fsp3) is 0.300. The van der Waals surface area contributed by atoms with E-state index in [-0.39, 0.29) is 23.9 Å². The van der Waals surface area contributed by atoms with Crippen LogP contribution in [-0.2, 0) is 11.3 Å². The fourth-order valence-electron chi connectivity index (χ4n) is 3.63. The quantitative estimate of drug-likeness (QED) is 0.729. The van der Waals surface area contributed by atoms with E-state index in [9.17, 15) is 9.59 Å². The van der Waals surface area contributed by atoms with Crippen molar-refractivity contribution in [3.63, 3.8) is 0 Å². The average Bonchev–Trinajstić information content (AvgIpc) is 2.65. The molecule has 1 aliphatic rings. The molecule has 25 heavy (non-hydrogen) atoms. The summed E-state index contributed by atoms with van der Waals surface area (Å²) in [7, 11) is 0. The molecule has 5 nitrogen and oxygen atoms in total. The van der Waals surface area contributed by atoms with Gasteiger partial charge in [0.2, 0.25) is 5.91 Å². The highest BCUT2D eigenvalue weighted by Gasteiger charge is 2.21. The summed E-state index contributed by atoms with van der Waals surface area (Å²) < 4.78 is 1.96. The Morgan fingerprint density at radius 1 is 0.960 bits per heavy atom. The second kappa shape index (κ2) is 6.33. The molecule has 5 heteroatoms. The molecule has 1 aliphatic heterocycles. The van der Waals surface area contributed by atoms with Gasteiger partial charge in [0.15, 0.2) is 5.43 Å². The standard InChI is InChI=1S/C20H21N3O2/c21-14-9-11-22(12-10-14)19(24)13-23-17-7-3-1-5-15(17)20(25)16-6-2-4-8-18(16)23/h1-8,14H,9-13,21H2. The van der Waals surface area contributed by atoms with Crippen LogP contribution in [-0.4, -0.2) is 34.5 Å². The van der Waals surface area contributed by atoms with Crippen molar-refractivity contribution in [1.29, 1.82) is 0 Å². The number of rotatable bonds is 2. The topological polar surface area (TPSA) is 68.3 Å². The Hall–Kier alpha value is -2.66. The van der Waals surface area contributed by atoms with Crippen LogP contribution >= 0.6 is 0 Å². The molecule has 2 aromatic carbocycles. The Balaban J connectivity index is 1.81.